The Morgan fingerprint density at radius 2 is 2.19 bits per heavy atom. The van der Waals surface area contributed by atoms with Crippen molar-refractivity contribution < 1.29 is 9.21 Å². The quantitative estimate of drug-likeness (QED) is 0.769. The van der Waals surface area contributed by atoms with E-state index in [2.05, 4.69) is 29.7 Å². The molecular formula is C17H22N2O2. The van der Waals surface area contributed by atoms with E-state index in [-0.39, 0.29) is 11.9 Å². The number of rotatable bonds is 7. The molecule has 0 spiro atoms. The van der Waals surface area contributed by atoms with Crippen LogP contribution in [0.15, 0.2) is 34.7 Å². The van der Waals surface area contributed by atoms with Crippen molar-refractivity contribution in [2.75, 3.05) is 6.54 Å². The van der Waals surface area contributed by atoms with Crippen molar-refractivity contribution in [1.29, 1.82) is 0 Å². The lowest BCUT2D eigenvalue weighted by molar-refractivity contribution is -0.121. The molecule has 112 valence electrons. The first kappa shape index (κ1) is 14.1. The topological polar surface area (TPSA) is 54.3 Å². The molecule has 2 N–H and O–H groups in total. The third kappa shape index (κ3) is 3.85. The Hall–Kier alpha value is -1.81. The minimum absolute atomic E-state index is 0.156. The highest BCUT2D eigenvalue weighted by Crippen LogP contribution is 2.23. The summed E-state index contributed by atoms with van der Waals surface area (Å²) in [5.74, 6) is 1.12. The maximum absolute atomic E-state index is 11.6. The number of carbonyl (C=O) groups excluding carboxylic acids is 1. The highest BCUT2D eigenvalue weighted by molar-refractivity contribution is 5.77. The fourth-order valence-electron chi connectivity index (χ4n) is 2.41. The predicted molar refractivity (Wildman–Crippen MR) is 83.0 cm³/mol. The molecule has 1 aliphatic carbocycles. The van der Waals surface area contributed by atoms with Gasteiger partial charge in [-0.2, -0.15) is 0 Å². The molecule has 0 aliphatic heterocycles. The number of hydrogen-bond donors (Lipinski definition) is 2. The molecule has 21 heavy (non-hydrogen) atoms. The van der Waals surface area contributed by atoms with Gasteiger partial charge in [-0.15, -0.1) is 0 Å². The van der Waals surface area contributed by atoms with Gasteiger partial charge in [0.2, 0.25) is 5.91 Å². The summed E-state index contributed by atoms with van der Waals surface area (Å²) in [4.78, 5) is 11.6. The van der Waals surface area contributed by atoms with E-state index >= 15 is 0 Å². The molecule has 1 saturated carbocycles. The third-order valence-electron chi connectivity index (χ3n) is 3.84. The molecule has 4 nitrogen and oxygen atoms in total. The zero-order chi connectivity index (χ0) is 14.7. The van der Waals surface area contributed by atoms with Crippen LogP contribution in [-0.4, -0.2) is 18.5 Å². The monoisotopic (exact) mass is 286 g/mol. The van der Waals surface area contributed by atoms with Gasteiger partial charge in [0, 0.05) is 17.8 Å². The van der Waals surface area contributed by atoms with Gasteiger partial charge in [0.1, 0.15) is 11.3 Å². The van der Waals surface area contributed by atoms with Crippen LogP contribution in [0.25, 0.3) is 11.0 Å². The summed E-state index contributed by atoms with van der Waals surface area (Å²) in [6, 6.07) is 10.7. The van der Waals surface area contributed by atoms with E-state index in [1.165, 1.54) is 0 Å². The standard InChI is InChI=1S/C17H22N2O2/c1-12(16-11-13-5-2-3-6-15(13)21-16)18-10-4-7-17(20)19-14-8-9-14/h2-3,5-6,11-12,14,18H,4,7-10H2,1H3,(H,19,20). The highest BCUT2D eigenvalue weighted by Gasteiger charge is 2.22. The number of carbonyl (C=O) groups is 1. The Morgan fingerprint density at radius 3 is 2.95 bits per heavy atom. The van der Waals surface area contributed by atoms with Crippen LogP contribution in [0.1, 0.15) is 44.4 Å². The summed E-state index contributed by atoms with van der Waals surface area (Å²) in [6.07, 6.45) is 3.74. The average molecular weight is 286 g/mol. The van der Waals surface area contributed by atoms with E-state index in [9.17, 15) is 4.79 Å². The molecule has 3 rings (SSSR count). The summed E-state index contributed by atoms with van der Waals surface area (Å²) in [6.45, 7) is 2.90. The van der Waals surface area contributed by atoms with E-state index in [4.69, 9.17) is 4.42 Å². The van der Waals surface area contributed by atoms with E-state index in [0.29, 0.717) is 12.5 Å². The van der Waals surface area contributed by atoms with Crippen molar-refractivity contribution in [3.05, 3.63) is 36.1 Å². The first-order valence-corrected chi connectivity index (χ1v) is 7.73. The van der Waals surface area contributed by atoms with Crippen LogP contribution in [-0.2, 0) is 4.79 Å². The second-order valence-electron chi connectivity index (χ2n) is 5.81. The van der Waals surface area contributed by atoms with Crippen LogP contribution in [0.3, 0.4) is 0 Å². The smallest absolute Gasteiger partial charge is 0.220 e. The van der Waals surface area contributed by atoms with Gasteiger partial charge in [-0.1, -0.05) is 18.2 Å². The lowest BCUT2D eigenvalue weighted by atomic mass is 10.2. The van der Waals surface area contributed by atoms with Gasteiger partial charge in [0.25, 0.3) is 0 Å². The summed E-state index contributed by atoms with van der Waals surface area (Å²) in [5.41, 5.74) is 0.921. The Kier molecular flexibility index (Phi) is 4.25. The molecule has 1 amide bonds. The minimum atomic E-state index is 0.156. The number of amides is 1. The molecule has 0 saturated heterocycles. The molecule has 1 aromatic carbocycles. The fraction of sp³-hybridized carbons (Fsp3) is 0.471. The van der Waals surface area contributed by atoms with E-state index in [1.54, 1.807) is 0 Å². The normalized spacial score (nSPS) is 16.0. The number of para-hydroxylation sites is 1. The Balaban J connectivity index is 1.42. The first-order valence-electron chi connectivity index (χ1n) is 7.73. The van der Waals surface area contributed by atoms with Crippen LogP contribution in [0, 0.1) is 0 Å². The van der Waals surface area contributed by atoms with Crippen molar-refractivity contribution >= 4 is 16.9 Å². The van der Waals surface area contributed by atoms with Gasteiger partial charge in [0.15, 0.2) is 0 Å². The van der Waals surface area contributed by atoms with Gasteiger partial charge in [0.05, 0.1) is 6.04 Å². The van der Waals surface area contributed by atoms with Crippen molar-refractivity contribution in [2.45, 2.75) is 44.7 Å². The van der Waals surface area contributed by atoms with Crippen LogP contribution in [0.5, 0.6) is 0 Å². The van der Waals surface area contributed by atoms with Crippen molar-refractivity contribution in [3.63, 3.8) is 0 Å². The van der Waals surface area contributed by atoms with Crippen LogP contribution in [0.2, 0.25) is 0 Å². The maximum Gasteiger partial charge on any atom is 0.220 e. The Labute approximate surface area is 124 Å². The van der Waals surface area contributed by atoms with Crippen molar-refractivity contribution in [2.24, 2.45) is 0 Å². The Bertz CT molecular complexity index is 583. The molecule has 0 radical (unpaired) electrons. The molecular weight excluding hydrogens is 264 g/mol. The Morgan fingerprint density at radius 1 is 1.38 bits per heavy atom. The molecule has 1 fully saturated rings. The third-order valence-corrected chi connectivity index (χ3v) is 3.84. The highest BCUT2D eigenvalue weighted by atomic mass is 16.3. The molecule has 1 atom stereocenters. The van der Waals surface area contributed by atoms with Crippen LogP contribution >= 0.6 is 0 Å². The minimum Gasteiger partial charge on any atom is -0.459 e. The summed E-state index contributed by atoms with van der Waals surface area (Å²) in [7, 11) is 0. The summed E-state index contributed by atoms with van der Waals surface area (Å²) < 4.78 is 5.83. The number of benzene rings is 1. The van der Waals surface area contributed by atoms with Gasteiger partial charge >= 0.3 is 0 Å². The van der Waals surface area contributed by atoms with E-state index in [0.717, 1.165) is 42.5 Å². The summed E-state index contributed by atoms with van der Waals surface area (Å²) in [5, 5.41) is 7.55. The molecule has 1 heterocycles. The largest absolute Gasteiger partial charge is 0.459 e. The number of fused-ring (bicyclic) bond motifs is 1. The first-order chi connectivity index (χ1) is 10.2. The zero-order valence-electron chi connectivity index (χ0n) is 12.4. The van der Waals surface area contributed by atoms with Crippen LogP contribution < -0.4 is 10.6 Å². The molecule has 1 aliphatic rings. The van der Waals surface area contributed by atoms with Gasteiger partial charge in [-0.3, -0.25) is 4.79 Å². The SMILES string of the molecule is CC(NCCCC(=O)NC1CC1)c1cc2ccccc2o1. The predicted octanol–water partition coefficient (Wildman–Crippen LogP) is 3.14. The number of nitrogens with one attached hydrogen (secondary N) is 2. The lowest BCUT2D eigenvalue weighted by Gasteiger charge is -2.11. The lowest BCUT2D eigenvalue weighted by Crippen LogP contribution is -2.27. The second-order valence-corrected chi connectivity index (χ2v) is 5.81. The van der Waals surface area contributed by atoms with Crippen molar-refractivity contribution in [1.82, 2.24) is 10.6 Å². The molecule has 1 unspecified atom stereocenters. The number of furan rings is 1. The second kappa shape index (κ2) is 6.31. The maximum atomic E-state index is 11.6. The van der Waals surface area contributed by atoms with Crippen LogP contribution in [0.4, 0.5) is 0 Å². The fourth-order valence-corrected chi connectivity index (χ4v) is 2.41. The summed E-state index contributed by atoms with van der Waals surface area (Å²) >= 11 is 0. The zero-order valence-corrected chi connectivity index (χ0v) is 12.4. The van der Waals surface area contributed by atoms with Gasteiger partial charge in [-0.25, -0.2) is 0 Å². The number of hydrogen-bond acceptors (Lipinski definition) is 3. The van der Waals surface area contributed by atoms with E-state index < -0.39 is 0 Å². The van der Waals surface area contributed by atoms with Gasteiger partial charge < -0.3 is 15.1 Å². The molecule has 0 bridgehead atoms. The van der Waals surface area contributed by atoms with Gasteiger partial charge in [-0.05, 0) is 44.9 Å². The molecule has 2 aromatic rings. The van der Waals surface area contributed by atoms with Crippen molar-refractivity contribution in [3.8, 4) is 0 Å². The van der Waals surface area contributed by atoms with E-state index in [1.807, 2.05) is 18.2 Å². The molecule has 4 heteroatoms. The average Bonchev–Trinajstić information content (AvgIpc) is 3.18. The molecule has 1 aromatic heterocycles.